The minimum atomic E-state index is 0.683. The van der Waals surface area contributed by atoms with Crippen molar-refractivity contribution in [2.75, 3.05) is 0 Å². The number of hydrogen-bond acceptors (Lipinski definition) is 1. The van der Waals surface area contributed by atoms with E-state index in [4.69, 9.17) is 0 Å². The number of rotatable bonds is 7. The van der Waals surface area contributed by atoms with Gasteiger partial charge in [0, 0.05) is 6.42 Å². The second kappa shape index (κ2) is 7.22. The first-order valence-corrected chi connectivity index (χ1v) is 5.89. The predicted octanol–water partition coefficient (Wildman–Crippen LogP) is 3.55. The average molecular weight is 204 g/mol. The summed E-state index contributed by atoms with van der Waals surface area (Å²) in [5.41, 5.74) is 2.89. The van der Waals surface area contributed by atoms with Gasteiger partial charge in [-0.1, -0.05) is 37.6 Å². The normalized spacial score (nSPS) is 10.2. The van der Waals surface area contributed by atoms with Gasteiger partial charge in [-0.2, -0.15) is 0 Å². The molecule has 0 saturated carbocycles. The maximum atomic E-state index is 10.3. The highest BCUT2D eigenvalue weighted by Crippen LogP contribution is 2.14. The lowest BCUT2D eigenvalue weighted by atomic mass is 9.98. The molecule has 0 aromatic heterocycles. The van der Waals surface area contributed by atoms with Crippen molar-refractivity contribution in [1.29, 1.82) is 0 Å². The third-order valence-electron chi connectivity index (χ3n) is 2.69. The van der Waals surface area contributed by atoms with E-state index in [0.29, 0.717) is 6.42 Å². The van der Waals surface area contributed by atoms with E-state index in [0.717, 1.165) is 19.1 Å². The van der Waals surface area contributed by atoms with Crippen LogP contribution in [0.25, 0.3) is 0 Å². The maximum absolute atomic E-state index is 10.3. The monoisotopic (exact) mass is 204 g/mol. The number of hydrogen-bond donors (Lipinski definition) is 0. The molecule has 82 valence electrons. The molecule has 0 amide bonds. The van der Waals surface area contributed by atoms with Gasteiger partial charge in [-0.15, -0.1) is 0 Å². The molecular formula is C14H20O. The van der Waals surface area contributed by atoms with Gasteiger partial charge in [-0.05, 0) is 36.8 Å². The van der Waals surface area contributed by atoms with Gasteiger partial charge in [0.2, 0.25) is 0 Å². The largest absolute Gasteiger partial charge is 0.303 e. The van der Waals surface area contributed by atoms with Crippen molar-refractivity contribution >= 4 is 6.29 Å². The molecule has 1 aromatic rings. The Morgan fingerprint density at radius 1 is 1.07 bits per heavy atom. The zero-order valence-electron chi connectivity index (χ0n) is 9.54. The molecule has 15 heavy (non-hydrogen) atoms. The number of unbranched alkanes of at least 4 members (excludes halogenated alkanes) is 2. The van der Waals surface area contributed by atoms with Gasteiger partial charge >= 0.3 is 0 Å². The molecule has 1 heteroatoms. The standard InChI is InChI=1S/C14H20O/c1-2-3-8-13-9-4-5-10-14(13)11-6-7-12-15/h4-5,9-10,12H,2-3,6-8,11H2,1H3. The van der Waals surface area contributed by atoms with E-state index in [1.807, 2.05) is 0 Å². The number of carbonyl (C=O) groups is 1. The van der Waals surface area contributed by atoms with Crippen molar-refractivity contribution in [3.8, 4) is 0 Å². The van der Waals surface area contributed by atoms with Crippen LogP contribution in [0.3, 0.4) is 0 Å². The summed E-state index contributed by atoms with van der Waals surface area (Å²) in [4.78, 5) is 10.3. The number of benzene rings is 1. The van der Waals surface area contributed by atoms with Crippen LogP contribution in [0, 0.1) is 0 Å². The summed E-state index contributed by atoms with van der Waals surface area (Å²) in [6.45, 7) is 2.22. The van der Waals surface area contributed by atoms with E-state index >= 15 is 0 Å². The molecule has 0 heterocycles. The SMILES string of the molecule is CCCCc1ccccc1CCCC=O. The topological polar surface area (TPSA) is 17.1 Å². The molecule has 0 radical (unpaired) electrons. The van der Waals surface area contributed by atoms with Crippen LogP contribution in [0.1, 0.15) is 43.7 Å². The van der Waals surface area contributed by atoms with E-state index in [1.54, 1.807) is 0 Å². The summed E-state index contributed by atoms with van der Waals surface area (Å²) >= 11 is 0. The van der Waals surface area contributed by atoms with Crippen molar-refractivity contribution in [1.82, 2.24) is 0 Å². The highest BCUT2D eigenvalue weighted by molar-refractivity contribution is 5.49. The highest BCUT2D eigenvalue weighted by Gasteiger charge is 2.00. The number of carbonyl (C=O) groups excluding carboxylic acids is 1. The summed E-state index contributed by atoms with van der Waals surface area (Å²) in [7, 11) is 0. The van der Waals surface area contributed by atoms with E-state index in [-0.39, 0.29) is 0 Å². The first-order chi connectivity index (χ1) is 7.38. The van der Waals surface area contributed by atoms with Crippen LogP contribution in [0.5, 0.6) is 0 Å². The van der Waals surface area contributed by atoms with Crippen LogP contribution in [0.4, 0.5) is 0 Å². The third-order valence-corrected chi connectivity index (χ3v) is 2.69. The number of aldehydes is 1. The van der Waals surface area contributed by atoms with Crippen molar-refractivity contribution in [2.24, 2.45) is 0 Å². The Morgan fingerprint density at radius 3 is 2.20 bits per heavy atom. The zero-order chi connectivity index (χ0) is 10.9. The van der Waals surface area contributed by atoms with Crippen LogP contribution in [0.15, 0.2) is 24.3 Å². The quantitative estimate of drug-likeness (QED) is 0.490. The average Bonchev–Trinajstić information content (AvgIpc) is 2.28. The summed E-state index contributed by atoms with van der Waals surface area (Å²) < 4.78 is 0. The fraction of sp³-hybridized carbons (Fsp3) is 0.500. The zero-order valence-corrected chi connectivity index (χ0v) is 9.54. The number of aryl methyl sites for hydroxylation is 2. The van der Waals surface area contributed by atoms with Crippen LogP contribution in [0.2, 0.25) is 0 Å². The second-order valence-electron chi connectivity index (χ2n) is 3.93. The van der Waals surface area contributed by atoms with Crippen LogP contribution < -0.4 is 0 Å². The van der Waals surface area contributed by atoms with Gasteiger partial charge in [-0.25, -0.2) is 0 Å². The van der Waals surface area contributed by atoms with Crippen molar-refractivity contribution in [3.05, 3.63) is 35.4 Å². The van der Waals surface area contributed by atoms with E-state index in [1.165, 1.54) is 30.4 Å². The lowest BCUT2D eigenvalue weighted by molar-refractivity contribution is -0.107. The molecule has 0 atom stereocenters. The van der Waals surface area contributed by atoms with Crippen molar-refractivity contribution in [3.63, 3.8) is 0 Å². The van der Waals surface area contributed by atoms with Crippen LogP contribution >= 0.6 is 0 Å². The smallest absolute Gasteiger partial charge is 0.120 e. The lowest BCUT2D eigenvalue weighted by Gasteiger charge is -2.07. The molecule has 0 N–H and O–H groups in total. The molecule has 1 nitrogen and oxygen atoms in total. The Labute approximate surface area is 92.5 Å². The van der Waals surface area contributed by atoms with Crippen molar-refractivity contribution in [2.45, 2.75) is 45.4 Å². The third kappa shape index (κ3) is 4.28. The maximum Gasteiger partial charge on any atom is 0.120 e. The first kappa shape index (κ1) is 12.0. The van der Waals surface area contributed by atoms with Crippen molar-refractivity contribution < 1.29 is 4.79 Å². The Morgan fingerprint density at radius 2 is 1.67 bits per heavy atom. The molecule has 1 rings (SSSR count). The van der Waals surface area contributed by atoms with E-state index in [9.17, 15) is 4.79 Å². The molecule has 0 aliphatic rings. The minimum absolute atomic E-state index is 0.683. The fourth-order valence-corrected chi connectivity index (χ4v) is 1.79. The Bertz CT molecular complexity index is 291. The van der Waals surface area contributed by atoms with Gasteiger partial charge in [0.05, 0.1) is 0 Å². The summed E-state index contributed by atoms with van der Waals surface area (Å²) in [5, 5.41) is 0. The van der Waals surface area contributed by atoms with Gasteiger partial charge in [0.15, 0.2) is 0 Å². The van der Waals surface area contributed by atoms with Gasteiger partial charge in [0.25, 0.3) is 0 Å². The first-order valence-electron chi connectivity index (χ1n) is 5.89. The lowest BCUT2D eigenvalue weighted by Crippen LogP contribution is -1.94. The Hall–Kier alpha value is -1.11. The molecule has 0 spiro atoms. The second-order valence-corrected chi connectivity index (χ2v) is 3.93. The Balaban J connectivity index is 2.55. The summed E-state index contributed by atoms with van der Waals surface area (Å²) in [5.74, 6) is 0. The summed E-state index contributed by atoms with van der Waals surface area (Å²) in [6, 6.07) is 8.60. The molecule has 0 aliphatic heterocycles. The van der Waals surface area contributed by atoms with Gasteiger partial charge in [-0.3, -0.25) is 0 Å². The molecule has 0 bridgehead atoms. The molecule has 0 saturated heterocycles. The molecule has 0 unspecified atom stereocenters. The fourth-order valence-electron chi connectivity index (χ4n) is 1.79. The summed E-state index contributed by atoms with van der Waals surface area (Å²) in [6.07, 6.45) is 7.38. The highest BCUT2D eigenvalue weighted by atomic mass is 16.1. The molecular weight excluding hydrogens is 184 g/mol. The van der Waals surface area contributed by atoms with E-state index < -0.39 is 0 Å². The minimum Gasteiger partial charge on any atom is -0.303 e. The van der Waals surface area contributed by atoms with Crippen LogP contribution in [-0.2, 0) is 17.6 Å². The molecule has 0 fully saturated rings. The van der Waals surface area contributed by atoms with Gasteiger partial charge in [0.1, 0.15) is 6.29 Å². The van der Waals surface area contributed by atoms with E-state index in [2.05, 4.69) is 31.2 Å². The Kier molecular flexibility index (Phi) is 5.76. The van der Waals surface area contributed by atoms with Crippen LogP contribution in [-0.4, -0.2) is 6.29 Å². The van der Waals surface area contributed by atoms with Gasteiger partial charge < -0.3 is 4.79 Å². The predicted molar refractivity (Wildman–Crippen MR) is 64.1 cm³/mol. The molecule has 1 aromatic carbocycles. The molecule has 0 aliphatic carbocycles.